The number of allylic oxidation sites excluding steroid dienone is 2. The molecule has 2 rings (SSSR count). The third kappa shape index (κ3) is 2.66. The number of carbonyl (C=O) groups excluding carboxylic acids is 2. The van der Waals surface area contributed by atoms with Crippen molar-refractivity contribution in [3.63, 3.8) is 0 Å². The van der Waals surface area contributed by atoms with E-state index in [1.807, 2.05) is 12.2 Å². The van der Waals surface area contributed by atoms with Gasteiger partial charge in [0.15, 0.2) is 0 Å². The minimum atomic E-state index is -0.605. The molecule has 1 aliphatic heterocycles. The summed E-state index contributed by atoms with van der Waals surface area (Å²) in [5.41, 5.74) is 0. The fourth-order valence-electron chi connectivity index (χ4n) is 2.37. The normalized spacial score (nSPS) is 35.2. The Morgan fingerprint density at radius 3 is 1.76 bits per heavy atom. The number of hydrogen-bond acceptors (Lipinski definition) is 5. The van der Waals surface area contributed by atoms with Crippen molar-refractivity contribution in [3.8, 4) is 0 Å². The molecule has 0 unspecified atom stereocenters. The monoisotopic (exact) mass is 240 g/mol. The summed E-state index contributed by atoms with van der Waals surface area (Å²) in [6.45, 7) is 2.69. The van der Waals surface area contributed by atoms with E-state index in [0.29, 0.717) is 0 Å². The molecule has 0 saturated carbocycles. The quantitative estimate of drug-likeness (QED) is 0.539. The maximum atomic E-state index is 11.0. The summed E-state index contributed by atoms with van der Waals surface area (Å²) in [6.07, 6.45) is 4.42. The van der Waals surface area contributed by atoms with Crippen LogP contribution in [-0.4, -0.2) is 24.5 Å². The van der Waals surface area contributed by atoms with E-state index in [-0.39, 0.29) is 23.8 Å². The van der Waals surface area contributed by atoms with Crippen molar-refractivity contribution in [2.45, 2.75) is 39.3 Å². The summed E-state index contributed by atoms with van der Waals surface area (Å²) >= 11 is 0. The molecule has 2 aliphatic rings. The first-order chi connectivity index (χ1) is 8.08. The van der Waals surface area contributed by atoms with Gasteiger partial charge in [0.05, 0.1) is 0 Å². The van der Waals surface area contributed by atoms with E-state index in [9.17, 15) is 9.59 Å². The molecule has 0 aromatic rings. The SMILES string of the molecule is CC(=O)O[C@H]1O[C@@H](OC(C)=O)[C@@H]2CC=CC[C@H]12. The Hall–Kier alpha value is -1.36. The second kappa shape index (κ2) is 4.87. The van der Waals surface area contributed by atoms with Crippen LogP contribution in [-0.2, 0) is 23.8 Å². The van der Waals surface area contributed by atoms with Crippen LogP contribution in [0.1, 0.15) is 26.7 Å². The van der Waals surface area contributed by atoms with Crippen LogP contribution in [0.2, 0.25) is 0 Å². The van der Waals surface area contributed by atoms with E-state index in [1.54, 1.807) is 0 Å². The summed E-state index contributed by atoms with van der Waals surface area (Å²) in [7, 11) is 0. The third-order valence-corrected chi connectivity index (χ3v) is 3.06. The van der Waals surface area contributed by atoms with Crippen molar-refractivity contribution < 1.29 is 23.8 Å². The minimum absolute atomic E-state index is 0.0771. The predicted molar refractivity (Wildman–Crippen MR) is 57.5 cm³/mol. The van der Waals surface area contributed by atoms with Gasteiger partial charge in [-0.15, -0.1) is 0 Å². The largest absolute Gasteiger partial charge is 0.435 e. The van der Waals surface area contributed by atoms with E-state index in [0.717, 1.165) is 12.8 Å². The van der Waals surface area contributed by atoms with Crippen molar-refractivity contribution >= 4 is 11.9 Å². The molecular formula is C12H16O5. The van der Waals surface area contributed by atoms with Gasteiger partial charge in [0.25, 0.3) is 0 Å². The minimum Gasteiger partial charge on any atom is -0.435 e. The Bertz CT molecular complexity index is 317. The molecule has 0 aromatic carbocycles. The molecule has 1 aliphatic carbocycles. The lowest BCUT2D eigenvalue weighted by Gasteiger charge is -2.23. The van der Waals surface area contributed by atoms with Crippen molar-refractivity contribution in [2.75, 3.05) is 0 Å². The molecule has 0 radical (unpaired) electrons. The number of rotatable bonds is 2. The number of fused-ring (bicyclic) bond motifs is 1. The highest BCUT2D eigenvalue weighted by molar-refractivity contribution is 5.66. The van der Waals surface area contributed by atoms with Gasteiger partial charge in [-0.1, -0.05) is 12.2 Å². The van der Waals surface area contributed by atoms with Crippen LogP contribution in [0.4, 0.5) is 0 Å². The Morgan fingerprint density at radius 2 is 1.41 bits per heavy atom. The fourth-order valence-corrected chi connectivity index (χ4v) is 2.37. The highest BCUT2D eigenvalue weighted by Crippen LogP contribution is 2.41. The molecule has 0 spiro atoms. The van der Waals surface area contributed by atoms with Gasteiger partial charge in [-0.3, -0.25) is 9.59 Å². The van der Waals surface area contributed by atoms with Gasteiger partial charge in [-0.2, -0.15) is 0 Å². The van der Waals surface area contributed by atoms with Gasteiger partial charge in [0, 0.05) is 25.7 Å². The summed E-state index contributed by atoms with van der Waals surface area (Å²) in [4.78, 5) is 22.0. The van der Waals surface area contributed by atoms with Gasteiger partial charge in [-0.05, 0) is 12.8 Å². The average molecular weight is 240 g/mol. The molecule has 5 heteroatoms. The molecule has 0 N–H and O–H groups in total. The van der Waals surface area contributed by atoms with Crippen LogP contribution in [0.5, 0.6) is 0 Å². The first-order valence-electron chi connectivity index (χ1n) is 5.73. The van der Waals surface area contributed by atoms with Crippen LogP contribution >= 0.6 is 0 Å². The zero-order valence-electron chi connectivity index (χ0n) is 9.92. The summed E-state index contributed by atoms with van der Waals surface area (Å²) in [6, 6.07) is 0. The van der Waals surface area contributed by atoms with Crippen molar-refractivity contribution in [1.29, 1.82) is 0 Å². The molecule has 1 fully saturated rings. The summed E-state index contributed by atoms with van der Waals surface area (Å²) in [5, 5.41) is 0. The lowest BCUT2D eigenvalue weighted by Crippen LogP contribution is -2.27. The Balaban J connectivity index is 2.08. The maximum Gasteiger partial charge on any atom is 0.304 e. The zero-order chi connectivity index (χ0) is 12.4. The first kappa shape index (κ1) is 12.1. The summed E-state index contributed by atoms with van der Waals surface area (Å²) in [5.74, 6) is -0.611. The van der Waals surface area contributed by atoms with Crippen molar-refractivity contribution in [2.24, 2.45) is 11.8 Å². The standard InChI is InChI=1S/C12H16O5/c1-7(13)15-11-9-5-3-4-6-10(9)12(17-11)16-8(2)14/h3-4,9-12H,5-6H2,1-2H3/t9-,10+,11-,12+. The maximum absolute atomic E-state index is 11.0. The second-order valence-electron chi connectivity index (χ2n) is 4.36. The van der Waals surface area contributed by atoms with E-state index in [2.05, 4.69) is 0 Å². The molecule has 0 aromatic heterocycles. The van der Waals surface area contributed by atoms with Crippen LogP contribution in [0, 0.1) is 11.8 Å². The molecule has 17 heavy (non-hydrogen) atoms. The number of ether oxygens (including phenoxy) is 3. The molecule has 0 bridgehead atoms. The van der Waals surface area contributed by atoms with E-state index < -0.39 is 12.6 Å². The molecule has 5 nitrogen and oxygen atoms in total. The van der Waals surface area contributed by atoms with Crippen molar-refractivity contribution in [3.05, 3.63) is 12.2 Å². The predicted octanol–water partition coefficient (Wildman–Crippen LogP) is 1.38. The first-order valence-corrected chi connectivity index (χ1v) is 5.73. The molecule has 1 heterocycles. The zero-order valence-corrected chi connectivity index (χ0v) is 9.92. The molecular weight excluding hydrogens is 224 g/mol. The second-order valence-corrected chi connectivity index (χ2v) is 4.36. The number of carbonyl (C=O) groups is 2. The van der Waals surface area contributed by atoms with Crippen molar-refractivity contribution in [1.82, 2.24) is 0 Å². The van der Waals surface area contributed by atoms with Gasteiger partial charge >= 0.3 is 11.9 Å². The molecule has 1 saturated heterocycles. The van der Waals surface area contributed by atoms with Crippen LogP contribution in [0.3, 0.4) is 0 Å². The fraction of sp³-hybridized carbons (Fsp3) is 0.667. The number of hydrogen-bond donors (Lipinski definition) is 0. The Labute approximate surface area is 99.7 Å². The highest BCUT2D eigenvalue weighted by Gasteiger charge is 2.47. The average Bonchev–Trinajstić information content (AvgIpc) is 2.56. The molecule has 4 atom stereocenters. The van der Waals surface area contributed by atoms with Crippen LogP contribution in [0.15, 0.2) is 12.2 Å². The highest BCUT2D eigenvalue weighted by atomic mass is 16.8. The Morgan fingerprint density at radius 1 is 1.00 bits per heavy atom. The van der Waals surface area contributed by atoms with Crippen LogP contribution in [0.25, 0.3) is 0 Å². The van der Waals surface area contributed by atoms with Gasteiger partial charge < -0.3 is 14.2 Å². The van der Waals surface area contributed by atoms with E-state index in [4.69, 9.17) is 14.2 Å². The van der Waals surface area contributed by atoms with Gasteiger partial charge in [-0.25, -0.2) is 0 Å². The smallest absolute Gasteiger partial charge is 0.304 e. The van der Waals surface area contributed by atoms with E-state index in [1.165, 1.54) is 13.8 Å². The number of esters is 2. The van der Waals surface area contributed by atoms with E-state index >= 15 is 0 Å². The third-order valence-electron chi connectivity index (χ3n) is 3.06. The van der Waals surface area contributed by atoms with Gasteiger partial charge in [0.1, 0.15) is 0 Å². The lowest BCUT2D eigenvalue weighted by molar-refractivity contribution is -0.214. The lowest BCUT2D eigenvalue weighted by atomic mass is 9.84. The van der Waals surface area contributed by atoms with Crippen LogP contribution < -0.4 is 0 Å². The topological polar surface area (TPSA) is 61.8 Å². The summed E-state index contributed by atoms with van der Waals surface area (Å²) < 4.78 is 15.7. The molecule has 94 valence electrons. The Kier molecular flexibility index (Phi) is 3.47. The van der Waals surface area contributed by atoms with Gasteiger partial charge in [0.2, 0.25) is 12.6 Å². The molecule has 0 amide bonds.